The number of nitroso groups, excluding NO2 is 1. The van der Waals surface area contributed by atoms with E-state index in [0.29, 0.717) is 0 Å². The molecule has 5 heteroatoms. The maximum Gasteiger partial charge on any atom is 0.0835 e. The van der Waals surface area contributed by atoms with Gasteiger partial charge in [0.05, 0.1) is 11.8 Å². The van der Waals surface area contributed by atoms with Crippen LogP contribution in [0, 0.1) is 4.91 Å². The fourth-order valence-electron chi connectivity index (χ4n) is 0. The molecule has 0 saturated heterocycles. The van der Waals surface area contributed by atoms with Crippen molar-refractivity contribution in [2.45, 2.75) is 0 Å². The molecule has 0 heterocycles. The van der Waals surface area contributed by atoms with Crippen LogP contribution < -0.4 is 0 Å². The van der Waals surface area contributed by atoms with Gasteiger partial charge in [-0.3, -0.25) is 0 Å². The Morgan fingerprint density at radius 2 is 1.83 bits per heavy atom. The molecule has 0 aliphatic rings. The van der Waals surface area contributed by atoms with Crippen LogP contribution in [-0.4, -0.2) is 11.9 Å². The van der Waals surface area contributed by atoms with Crippen molar-refractivity contribution in [1.29, 1.82) is 0 Å². The number of oxime groups is 1. The van der Waals surface area contributed by atoms with Gasteiger partial charge in [-0.1, -0.05) is 0 Å². The van der Waals surface area contributed by atoms with Gasteiger partial charge in [-0.05, 0) is 0 Å². The maximum absolute atomic E-state index is 8.32. The molecular weight excluding hydrogens is 107 g/mol. The number of halogens is 1. The van der Waals surface area contributed by atoms with E-state index in [4.69, 9.17) is 10.1 Å². The highest BCUT2D eigenvalue weighted by Gasteiger charge is 1.26. The van der Waals surface area contributed by atoms with Gasteiger partial charge in [-0.25, -0.2) is 0 Å². The van der Waals surface area contributed by atoms with E-state index in [1.165, 1.54) is 0 Å². The molecule has 4 nitrogen and oxygen atoms in total. The third kappa shape index (κ3) is 45.7. The van der Waals surface area contributed by atoms with Crippen molar-refractivity contribution in [3.8, 4) is 0 Å². The van der Waals surface area contributed by atoms with Crippen LogP contribution in [0.3, 0.4) is 0 Å². The lowest BCUT2D eigenvalue weighted by molar-refractivity contribution is 0.323. The highest BCUT2D eigenvalue weighted by Crippen LogP contribution is 1.60. The zero-order valence-corrected chi connectivity index (χ0v) is 3.59. The third-order valence-electron chi connectivity index (χ3n) is 0. The zero-order chi connectivity index (χ0) is 5.41. The van der Waals surface area contributed by atoms with Crippen LogP contribution in [0.5, 0.6) is 0 Å². The summed E-state index contributed by atoms with van der Waals surface area (Å²) in [6.07, 6.45) is 0. The van der Waals surface area contributed by atoms with Crippen molar-refractivity contribution < 1.29 is 5.21 Å². The van der Waals surface area contributed by atoms with Crippen molar-refractivity contribution in [2.75, 3.05) is 0 Å². The third-order valence-corrected chi connectivity index (χ3v) is 0. The van der Waals surface area contributed by atoms with E-state index in [2.05, 4.69) is 23.6 Å². The Morgan fingerprint density at radius 1 is 1.83 bits per heavy atom. The molecule has 0 aromatic heterocycles. The molecule has 0 fully saturated rings. The van der Waals surface area contributed by atoms with Crippen LogP contribution in [0.2, 0.25) is 0 Å². The monoisotopic (exact) mass is 110 g/mol. The Hall–Kier alpha value is -0.640. The van der Waals surface area contributed by atoms with E-state index in [0.717, 1.165) is 0 Å². The Balaban J connectivity index is 0. The summed E-state index contributed by atoms with van der Waals surface area (Å²) in [5, 5.41) is 9.33. The summed E-state index contributed by atoms with van der Waals surface area (Å²) in [6.45, 7) is 2.67. The first-order chi connectivity index (χ1) is 2.83. The Bertz CT molecular complexity index is 32.5. The summed E-state index contributed by atoms with van der Waals surface area (Å²) < 4.78 is 1.72. The second-order valence-corrected chi connectivity index (χ2v) is 0.348. The van der Waals surface area contributed by atoms with E-state index < -0.39 is 0 Å². The molecule has 0 radical (unpaired) electrons. The molecule has 0 unspecified atom stereocenters. The quantitative estimate of drug-likeness (QED) is 0.219. The van der Waals surface area contributed by atoms with Crippen molar-refractivity contribution in [1.82, 2.24) is 0 Å². The van der Waals surface area contributed by atoms with E-state index in [-0.39, 0.29) is 0 Å². The summed E-state index contributed by atoms with van der Waals surface area (Å²) in [5.41, 5.74) is 0. The summed E-state index contributed by atoms with van der Waals surface area (Å²) >= 11 is 4.07. The van der Waals surface area contributed by atoms with Gasteiger partial charge in [0, 0.05) is 11.4 Å². The molecule has 0 amide bonds. The molecule has 0 atom stereocenters. The van der Waals surface area contributed by atoms with E-state index in [1.807, 2.05) is 0 Å². The fourth-order valence-corrected chi connectivity index (χ4v) is 0. The summed E-state index contributed by atoms with van der Waals surface area (Å²) in [7, 11) is 0. The van der Waals surface area contributed by atoms with Crippen LogP contribution in [-0.2, 0) is 0 Å². The largest absolute Gasteiger partial charge is 0.411 e. The van der Waals surface area contributed by atoms with Gasteiger partial charge >= 0.3 is 0 Å². The van der Waals surface area contributed by atoms with Gasteiger partial charge in [0.1, 0.15) is 0 Å². The standard InChI is InChI=1S/CH3NO.ClNO/c2*1-2-3/h3H,1H2;. The number of rotatable bonds is 0. The molecule has 1 N–H and O–H groups in total. The maximum atomic E-state index is 8.32. The molecule has 0 saturated carbocycles. The second-order valence-electron chi connectivity index (χ2n) is 0.210. The molecule has 0 bridgehead atoms. The topological polar surface area (TPSA) is 62.0 Å². The lowest BCUT2D eigenvalue weighted by Gasteiger charge is -1.43. The Labute approximate surface area is 39.5 Å². The number of hydrogen-bond donors (Lipinski definition) is 1. The van der Waals surface area contributed by atoms with Gasteiger partial charge in [-0.2, -0.15) is 0 Å². The van der Waals surface area contributed by atoms with Crippen molar-refractivity contribution in [2.24, 2.45) is 9.85 Å². The first kappa shape index (κ1) is 9.03. The molecular formula is CH3ClN2O2. The lowest BCUT2D eigenvalue weighted by atomic mass is 11.8. The molecule has 36 valence electrons. The highest BCUT2D eigenvalue weighted by molar-refractivity contribution is 6.14. The van der Waals surface area contributed by atoms with Gasteiger partial charge in [0.15, 0.2) is 0 Å². The Morgan fingerprint density at radius 3 is 1.83 bits per heavy atom. The predicted molar refractivity (Wildman–Crippen MR) is 23.0 cm³/mol. The van der Waals surface area contributed by atoms with Gasteiger partial charge in [0.2, 0.25) is 0 Å². The first-order valence-electron chi connectivity index (χ1n) is 0.868. The van der Waals surface area contributed by atoms with Crippen LogP contribution in [0.1, 0.15) is 0 Å². The fraction of sp³-hybridized carbons (Fsp3) is 0. The molecule has 0 aliphatic carbocycles. The minimum Gasteiger partial charge on any atom is -0.411 e. The van der Waals surface area contributed by atoms with Crippen LogP contribution in [0.4, 0.5) is 0 Å². The minimum atomic E-state index is 1.72. The van der Waals surface area contributed by atoms with Crippen molar-refractivity contribution in [3.05, 3.63) is 4.91 Å². The predicted octanol–water partition coefficient (Wildman–Crippen LogP) is 0.983. The zero-order valence-electron chi connectivity index (χ0n) is 2.83. The second kappa shape index (κ2) is 26.6. The van der Waals surface area contributed by atoms with Gasteiger partial charge in [-0.15, -0.1) is 10.1 Å². The van der Waals surface area contributed by atoms with Crippen LogP contribution >= 0.6 is 11.8 Å². The summed E-state index contributed by atoms with van der Waals surface area (Å²) in [5.74, 6) is 0. The first-order valence-corrected chi connectivity index (χ1v) is 1.21. The Kier molecular flexibility index (Phi) is 40.0. The molecule has 6 heavy (non-hydrogen) atoms. The van der Waals surface area contributed by atoms with Crippen molar-refractivity contribution in [3.63, 3.8) is 0 Å². The summed E-state index contributed by atoms with van der Waals surface area (Å²) in [4.78, 5) is 8.32. The lowest BCUT2D eigenvalue weighted by Crippen LogP contribution is -1.30. The smallest absolute Gasteiger partial charge is 0.0835 e. The molecule has 0 aliphatic heterocycles. The van der Waals surface area contributed by atoms with E-state index in [1.54, 1.807) is 4.70 Å². The average Bonchev–Trinajstić information content (AvgIpc) is 1.39. The summed E-state index contributed by atoms with van der Waals surface area (Å²) in [6, 6.07) is 0. The number of nitrogens with zero attached hydrogens (tertiary/aromatic N) is 2. The van der Waals surface area contributed by atoms with E-state index in [9.17, 15) is 0 Å². The van der Waals surface area contributed by atoms with E-state index >= 15 is 0 Å². The number of hydrogen-bond acceptors (Lipinski definition) is 4. The van der Waals surface area contributed by atoms with Crippen molar-refractivity contribution >= 4 is 18.5 Å². The van der Waals surface area contributed by atoms with Crippen LogP contribution in [0.15, 0.2) is 9.85 Å². The molecule has 0 aromatic carbocycles. The molecule has 0 spiro atoms. The van der Waals surface area contributed by atoms with Gasteiger partial charge in [0.25, 0.3) is 0 Å². The molecule has 0 rings (SSSR count). The normalized spacial score (nSPS) is 4.17. The highest BCUT2D eigenvalue weighted by atomic mass is 35.5. The van der Waals surface area contributed by atoms with Gasteiger partial charge < -0.3 is 5.21 Å². The molecule has 0 aromatic rings. The average molecular weight is 111 g/mol. The SMILES string of the molecule is C=NO.O=NCl. The van der Waals surface area contributed by atoms with Crippen LogP contribution in [0.25, 0.3) is 0 Å². The minimum absolute atomic E-state index is 1.72.